The van der Waals surface area contributed by atoms with Gasteiger partial charge in [-0.15, -0.1) is 0 Å². The molecule has 1 atom stereocenters. The molecule has 0 bridgehead atoms. The zero-order valence-corrected chi connectivity index (χ0v) is 13.3. The van der Waals surface area contributed by atoms with Gasteiger partial charge in [-0.05, 0) is 46.4 Å². The van der Waals surface area contributed by atoms with E-state index in [-0.39, 0.29) is 6.04 Å². The van der Waals surface area contributed by atoms with Crippen molar-refractivity contribution in [1.82, 2.24) is 19.8 Å². The van der Waals surface area contributed by atoms with Crippen LogP contribution in [-0.2, 0) is 0 Å². The monoisotopic (exact) mass is 277 g/mol. The summed E-state index contributed by atoms with van der Waals surface area (Å²) < 4.78 is 0. The Hall–Kier alpha value is -1.20. The number of rotatable bonds is 2. The number of likely N-dealkylation sites (N-methyl/N-ethyl adjacent to an activating group) is 2. The molecule has 2 heterocycles. The molecule has 1 aromatic rings. The van der Waals surface area contributed by atoms with Gasteiger partial charge in [0.2, 0.25) is 0 Å². The van der Waals surface area contributed by atoms with Crippen molar-refractivity contribution in [3.05, 3.63) is 17.1 Å². The summed E-state index contributed by atoms with van der Waals surface area (Å²) in [5.41, 5.74) is 8.26. The molecule has 2 rings (SSSR count). The number of anilines is 1. The number of aromatic nitrogens is 2. The van der Waals surface area contributed by atoms with E-state index in [0.29, 0.717) is 11.7 Å². The van der Waals surface area contributed by atoms with Crippen molar-refractivity contribution in [2.45, 2.75) is 39.2 Å². The molecule has 112 valence electrons. The highest BCUT2D eigenvalue weighted by atomic mass is 15.2. The van der Waals surface area contributed by atoms with Crippen molar-refractivity contribution < 1.29 is 0 Å². The maximum atomic E-state index is 6.17. The summed E-state index contributed by atoms with van der Waals surface area (Å²) in [7, 11) is 4.31. The molecule has 0 radical (unpaired) electrons. The second kappa shape index (κ2) is 6.06. The average molecular weight is 277 g/mol. The van der Waals surface area contributed by atoms with Gasteiger partial charge in [0.25, 0.3) is 0 Å². The maximum absolute atomic E-state index is 6.17. The molecule has 0 spiro atoms. The number of aryl methyl sites for hydroxylation is 1. The standard InChI is InChI=1S/C15H27N5/c1-10(2)13-11(3)17-15(18-14(13)16)12-9-19(4)7-6-8-20(12)5/h10,12H,6-9H2,1-5H3,(H2,16,17,18). The fourth-order valence-corrected chi connectivity index (χ4v) is 3.04. The number of hydrogen-bond acceptors (Lipinski definition) is 5. The van der Waals surface area contributed by atoms with Crippen molar-refractivity contribution in [2.75, 3.05) is 39.5 Å². The van der Waals surface area contributed by atoms with Crippen LogP contribution in [0.2, 0.25) is 0 Å². The zero-order chi connectivity index (χ0) is 14.9. The van der Waals surface area contributed by atoms with Gasteiger partial charge in [-0.25, -0.2) is 9.97 Å². The molecule has 1 fully saturated rings. The highest BCUT2D eigenvalue weighted by Gasteiger charge is 2.26. The molecule has 20 heavy (non-hydrogen) atoms. The molecule has 2 N–H and O–H groups in total. The van der Waals surface area contributed by atoms with E-state index in [4.69, 9.17) is 10.7 Å². The van der Waals surface area contributed by atoms with Crippen LogP contribution < -0.4 is 5.73 Å². The Morgan fingerprint density at radius 1 is 1.20 bits per heavy atom. The van der Waals surface area contributed by atoms with Crippen LogP contribution in [0.25, 0.3) is 0 Å². The summed E-state index contributed by atoms with van der Waals surface area (Å²) in [6, 6.07) is 0.227. The molecule has 0 saturated carbocycles. The molecular weight excluding hydrogens is 250 g/mol. The third-order valence-electron chi connectivity index (χ3n) is 4.13. The van der Waals surface area contributed by atoms with Crippen molar-refractivity contribution in [3.63, 3.8) is 0 Å². The predicted octanol–water partition coefficient (Wildman–Crippen LogP) is 1.80. The van der Waals surface area contributed by atoms with Gasteiger partial charge < -0.3 is 10.6 Å². The smallest absolute Gasteiger partial charge is 0.149 e. The van der Waals surface area contributed by atoms with E-state index >= 15 is 0 Å². The highest BCUT2D eigenvalue weighted by molar-refractivity contribution is 5.44. The fraction of sp³-hybridized carbons (Fsp3) is 0.733. The lowest BCUT2D eigenvalue weighted by molar-refractivity contribution is 0.219. The summed E-state index contributed by atoms with van der Waals surface area (Å²) in [6.45, 7) is 9.46. The number of nitrogens with zero attached hydrogens (tertiary/aromatic N) is 4. The molecule has 5 nitrogen and oxygen atoms in total. The van der Waals surface area contributed by atoms with Crippen molar-refractivity contribution >= 4 is 5.82 Å². The molecule has 1 unspecified atom stereocenters. The summed E-state index contributed by atoms with van der Waals surface area (Å²) in [5.74, 6) is 1.86. The minimum atomic E-state index is 0.227. The van der Waals surface area contributed by atoms with Gasteiger partial charge in [0.05, 0.1) is 6.04 Å². The van der Waals surface area contributed by atoms with Gasteiger partial charge >= 0.3 is 0 Å². The van der Waals surface area contributed by atoms with E-state index in [1.807, 2.05) is 6.92 Å². The second-order valence-electron chi connectivity index (χ2n) is 6.23. The van der Waals surface area contributed by atoms with E-state index < -0.39 is 0 Å². The van der Waals surface area contributed by atoms with Crippen LogP contribution in [0.4, 0.5) is 5.82 Å². The van der Waals surface area contributed by atoms with E-state index in [1.54, 1.807) is 0 Å². The van der Waals surface area contributed by atoms with E-state index in [9.17, 15) is 0 Å². The second-order valence-corrected chi connectivity index (χ2v) is 6.23. The Balaban J connectivity index is 2.36. The summed E-state index contributed by atoms with van der Waals surface area (Å²) >= 11 is 0. The minimum Gasteiger partial charge on any atom is -0.383 e. The van der Waals surface area contributed by atoms with E-state index in [0.717, 1.165) is 36.7 Å². The number of nitrogens with two attached hydrogens (primary N) is 1. The van der Waals surface area contributed by atoms with Gasteiger partial charge in [-0.3, -0.25) is 4.90 Å². The summed E-state index contributed by atoms with van der Waals surface area (Å²) in [5, 5.41) is 0. The lowest BCUT2D eigenvalue weighted by Crippen LogP contribution is -2.32. The van der Waals surface area contributed by atoms with Crippen LogP contribution >= 0.6 is 0 Å². The van der Waals surface area contributed by atoms with Gasteiger partial charge in [0, 0.05) is 17.8 Å². The molecule has 1 aliphatic heterocycles. The maximum Gasteiger partial charge on any atom is 0.149 e. The van der Waals surface area contributed by atoms with Gasteiger partial charge in [-0.1, -0.05) is 13.8 Å². The highest BCUT2D eigenvalue weighted by Crippen LogP contribution is 2.27. The first-order chi connectivity index (χ1) is 9.40. The SMILES string of the molecule is Cc1nc(C2CN(C)CCCN2C)nc(N)c1C(C)C. The molecule has 5 heteroatoms. The van der Waals surface area contributed by atoms with Crippen LogP contribution in [0.3, 0.4) is 0 Å². The minimum absolute atomic E-state index is 0.227. The van der Waals surface area contributed by atoms with Gasteiger partial charge in [0.15, 0.2) is 0 Å². The van der Waals surface area contributed by atoms with Crippen LogP contribution in [0.1, 0.15) is 49.3 Å². The Bertz CT molecular complexity index is 448. The van der Waals surface area contributed by atoms with Gasteiger partial charge in [0.1, 0.15) is 11.6 Å². The van der Waals surface area contributed by atoms with Crippen molar-refractivity contribution in [2.24, 2.45) is 0 Å². The number of nitrogen functional groups attached to an aromatic ring is 1. The predicted molar refractivity (Wildman–Crippen MR) is 82.8 cm³/mol. The molecule has 1 saturated heterocycles. The Kier molecular flexibility index (Phi) is 4.60. The van der Waals surface area contributed by atoms with Crippen LogP contribution in [0.15, 0.2) is 0 Å². The van der Waals surface area contributed by atoms with E-state index in [1.165, 1.54) is 6.42 Å². The summed E-state index contributed by atoms with van der Waals surface area (Å²) in [6.07, 6.45) is 1.18. The topological polar surface area (TPSA) is 58.3 Å². The third-order valence-corrected chi connectivity index (χ3v) is 4.13. The molecule has 1 aromatic heterocycles. The van der Waals surface area contributed by atoms with Crippen LogP contribution in [0, 0.1) is 6.92 Å². The third kappa shape index (κ3) is 3.10. The first-order valence-corrected chi connectivity index (χ1v) is 7.42. The quantitative estimate of drug-likeness (QED) is 0.893. The van der Waals surface area contributed by atoms with Crippen LogP contribution in [-0.4, -0.2) is 53.5 Å². The molecular formula is C15H27N5. The number of hydrogen-bond donors (Lipinski definition) is 1. The Labute approximate surface area is 122 Å². The first-order valence-electron chi connectivity index (χ1n) is 7.42. The lowest BCUT2D eigenvalue weighted by Gasteiger charge is -2.27. The van der Waals surface area contributed by atoms with Crippen molar-refractivity contribution in [3.8, 4) is 0 Å². The molecule has 0 aromatic carbocycles. The van der Waals surface area contributed by atoms with Crippen molar-refractivity contribution in [1.29, 1.82) is 0 Å². The normalized spacial score (nSPS) is 22.2. The lowest BCUT2D eigenvalue weighted by atomic mass is 10.0. The zero-order valence-electron chi connectivity index (χ0n) is 13.3. The van der Waals surface area contributed by atoms with Gasteiger partial charge in [-0.2, -0.15) is 0 Å². The largest absolute Gasteiger partial charge is 0.383 e. The molecule has 0 aliphatic carbocycles. The van der Waals surface area contributed by atoms with Crippen LogP contribution in [0.5, 0.6) is 0 Å². The first kappa shape index (κ1) is 15.2. The van der Waals surface area contributed by atoms with E-state index in [2.05, 4.69) is 42.7 Å². The fourth-order valence-electron chi connectivity index (χ4n) is 3.04. The Morgan fingerprint density at radius 3 is 2.50 bits per heavy atom. The Morgan fingerprint density at radius 2 is 1.90 bits per heavy atom. The summed E-state index contributed by atoms with van der Waals surface area (Å²) in [4.78, 5) is 14.0. The molecule has 1 aliphatic rings. The average Bonchev–Trinajstić information content (AvgIpc) is 2.49. The molecule has 0 amide bonds.